The fourth-order valence-electron chi connectivity index (χ4n) is 3.52. The number of aromatic nitrogens is 1. The monoisotopic (exact) mass is 525 g/mol. The molecule has 1 aliphatic carbocycles. The van der Waals surface area contributed by atoms with Crippen molar-refractivity contribution in [3.8, 4) is 0 Å². The predicted octanol–water partition coefficient (Wildman–Crippen LogP) is 5.84. The fraction of sp³-hybridized carbons (Fsp3) is 0.318. The highest BCUT2D eigenvalue weighted by Crippen LogP contribution is 2.32. The van der Waals surface area contributed by atoms with E-state index in [4.69, 9.17) is 23.2 Å². The van der Waals surface area contributed by atoms with Gasteiger partial charge < -0.3 is 0 Å². The molecule has 2 heterocycles. The van der Waals surface area contributed by atoms with Crippen LogP contribution in [0.15, 0.2) is 27.9 Å². The molecule has 10 heteroatoms. The number of hydrogen-bond acceptors (Lipinski definition) is 6. The number of thiazole rings is 1. The standard InChI is InChI=1S/C22H21Cl2N3O2S3/c1-12-19(9-13-8-14(23)6-7-17(13)24)32-22(25-12)31-11-20(28)26-27-21(29)16-10-30-18-5-3-2-4-15(16)18/h6-8,10H,2-5,9,11H2,1H3,(H,26,28)(H,27,29). The summed E-state index contributed by atoms with van der Waals surface area (Å²) in [7, 11) is 0. The Morgan fingerprint density at radius 3 is 2.84 bits per heavy atom. The third kappa shape index (κ3) is 5.66. The van der Waals surface area contributed by atoms with Crippen molar-refractivity contribution in [2.75, 3.05) is 5.75 Å². The molecule has 168 valence electrons. The molecule has 0 bridgehead atoms. The van der Waals surface area contributed by atoms with E-state index in [1.807, 2.05) is 18.4 Å². The second kappa shape index (κ2) is 10.6. The van der Waals surface area contributed by atoms with Gasteiger partial charge in [0, 0.05) is 31.6 Å². The van der Waals surface area contributed by atoms with Crippen LogP contribution in [0.3, 0.4) is 0 Å². The van der Waals surface area contributed by atoms with Gasteiger partial charge in [-0.2, -0.15) is 0 Å². The quantitative estimate of drug-likeness (QED) is 0.313. The molecule has 0 atom stereocenters. The number of benzene rings is 1. The highest BCUT2D eigenvalue weighted by Gasteiger charge is 2.20. The average Bonchev–Trinajstić information content (AvgIpc) is 3.36. The lowest BCUT2D eigenvalue weighted by Gasteiger charge is -2.13. The van der Waals surface area contributed by atoms with Gasteiger partial charge in [-0.05, 0) is 61.9 Å². The highest BCUT2D eigenvalue weighted by molar-refractivity contribution is 8.01. The summed E-state index contributed by atoms with van der Waals surface area (Å²) in [5, 5.41) is 3.19. The van der Waals surface area contributed by atoms with Crippen molar-refractivity contribution >= 4 is 69.5 Å². The lowest BCUT2D eigenvalue weighted by Crippen LogP contribution is -2.42. The number of hydrogen-bond donors (Lipinski definition) is 2. The first-order valence-corrected chi connectivity index (χ1v) is 13.6. The van der Waals surface area contributed by atoms with E-state index in [-0.39, 0.29) is 17.6 Å². The molecule has 1 aliphatic rings. The zero-order valence-electron chi connectivity index (χ0n) is 17.3. The number of amides is 2. The van der Waals surface area contributed by atoms with Crippen molar-refractivity contribution < 1.29 is 9.59 Å². The Bertz CT molecular complexity index is 1160. The molecule has 2 amide bonds. The third-order valence-corrected chi connectivity index (χ3v) is 9.17. The molecule has 5 nitrogen and oxygen atoms in total. The van der Waals surface area contributed by atoms with Crippen LogP contribution in [0.2, 0.25) is 10.0 Å². The van der Waals surface area contributed by atoms with Crippen LogP contribution in [-0.2, 0) is 24.1 Å². The summed E-state index contributed by atoms with van der Waals surface area (Å²) in [6.45, 7) is 1.94. The normalized spacial score (nSPS) is 13.0. The summed E-state index contributed by atoms with van der Waals surface area (Å²) in [5.74, 6) is -0.375. The number of fused-ring (bicyclic) bond motifs is 1. The maximum absolute atomic E-state index is 12.5. The van der Waals surface area contributed by atoms with E-state index < -0.39 is 0 Å². The molecule has 0 radical (unpaired) electrons. The molecular formula is C22H21Cl2N3O2S3. The van der Waals surface area contributed by atoms with Gasteiger partial charge in [-0.1, -0.05) is 35.0 Å². The highest BCUT2D eigenvalue weighted by atomic mass is 35.5. The van der Waals surface area contributed by atoms with E-state index >= 15 is 0 Å². The summed E-state index contributed by atoms with van der Waals surface area (Å²) in [5.41, 5.74) is 8.72. The first kappa shape index (κ1) is 23.6. The lowest BCUT2D eigenvalue weighted by atomic mass is 9.96. The van der Waals surface area contributed by atoms with Crippen LogP contribution in [-0.4, -0.2) is 22.6 Å². The van der Waals surface area contributed by atoms with E-state index in [0.717, 1.165) is 45.3 Å². The van der Waals surface area contributed by atoms with Crippen molar-refractivity contribution in [3.05, 3.63) is 65.8 Å². The van der Waals surface area contributed by atoms with Gasteiger partial charge in [-0.15, -0.1) is 22.7 Å². The van der Waals surface area contributed by atoms with Crippen LogP contribution in [0.1, 0.15) is 49.8 Å². The van der Waals surface area contributed by atoms with Gasteiger partial charge >= 0.3 is 0 Å². The van der Waals surface area contributed by atoms with Gasteiger partial charge in [-0.25, -0.2) is 4.98 Å². The zero-order valence-corrected chi connectivity index (χ0v) is 21.3. The Kier molecular flexibility index (Phi) is 7.78. The number of nitrogens with one attached hydrogen (secondary N) is 2. The molecule has 1 aromatic carbocycles. The molecule has 4 rings (SSSR count). The molecule has 32 heavy (non-hydrogen) atoms. The van der Waals surface area contributed by atoms with E-state index in [1.165, 1.54) is 34.4 Å². The maximum Gasteiger partial charge on any atom is 0.270 e. The first-order valence-electron chi connectivity index (χ1n) is 10.1. The molecule has 2 aromatic heterocycles. The lowest BCUT2D eigenvalue weighted by molar-refractivity contribution is -0.119. The van der Waals surface area contributed by atoms with Crippen LogP contribution >= 0.6 is 57.6 Å². The van der Waals surface area contributed by atoms with Crippen molar-refractivity contribution in [1.29, 1.82) is 0 Å². The third-order valence-electron chi connectivity index (χ3n) is 5.18. The summed E-state index contributed by atoms with van der Waals surface area (Å²) in [4.78, 5) is 31.6. The number of thiophene rings is 1. The number of aryl methyl sites for hydroxylation is 2. The molecule has 0 saturated heterocycles. The Hall–Kier alpha value is -1.58. The number of nitrogens with zero attached hydrogens (tertiary/aromatic N) is 1. The van der Waals surface area contributed by atoms with Gasteiger partial charge in [0.2, 0.25) is 5.91 Å². The van der Waals surface area contributed by atoms with E-state index in [0.29, 0.717) is 22.0 Å². The summed E-state index contributed by atoms with van der Waals surface area (Å²) >= 11 is 16.9. The van der Waals surface area contributed by atoms with Crippen molar-refractivity contribution in [2.45, 2.75) is 43.4 Å². The summed E-state index contributed by atoms with van der Waals surface area (Å²) in [6.07, 6.45) is 4.88. The van der Waals surface area contributed by atoms with Crippen molar-refractivity contribution in [1.82, 2.24) is 15.8 Å². The molecule has 0 saturated carbocycles. The topological polar surface area (TPSA) is 71.1 Å². The Morgan fingerprint density at radius 2 is 2.00 bits per heavy atom. The van der Waals surface area contributed by atoms with Crippen LogP contribution in [0.25, 0.3) is 0 Å². The van der Waals surface area contributed by atoms with Gasteiger partial charge in [-0.3, -0.25) is 20.4 Å². The van der Waals surface area contributed by atoms with Crippen LogP contribution in [0, 0.1) is 6.92 Å². The largest absolute Gasteiger partial charge is 0.272 e. The second-order valence-corrected chi connectivity index (χ2v) is 11.6. The molecule has 3 aromatic rings. The van der Waals surface area contributed by atoms with Crippen molar-refractivity contribution in [2.24, 2.45) is 0 Å². The van der Waals surface area contributed by atoms with E-state index in [9.17, 15) is 9.59 Å². The zero-order chi connectivity index (χ0) is 22.7. The average molecular weight is 527 g/mol. The number of thioether (sulfide) groups is 1. The molecular weight excluding hydrogens is 505 g/mol. The van der Waals surface area contributed by atoms with Gasteiger partial charge in [0.1, 0.15) is 0 Å². The number of halogens is 2. The van der Waals surface area contributed by atoms with Crippen LogP contribution < -0.4 is 10.9 Å². The Balaban J connectivity index is 1.29. The van der Waals surface area contributed by atoms with E-state index in [1.54, 1.807) is 23.5 Å². The Morgan fingerprint density at radius 1 is 1.19 bits per heavy atom. The smallest absolute Gasteiger partial charge is 0.270 e. The number of carbonyl (C=O) groups excluding carboxylic acids is 2. The summed E-state index contributed by atoms with van der Waals surface area (Å²) in [6, 6.07) is 5.41. The first-order chi connectivity index (χ1) is 15.4. The SMILES string of the molecule is Cc1nc(SCC(=O)NNC(=O)c2csc3c2CCCC3)sc1Cc1cc(Cl)ccc1Cl. The Labute approximate surface area is 208 Å². The van der Waals surface area contributed by atoms with Crippen LogP contribution in [0.5, 0.6) is 0 Å². The summed E-state index contributed by atoms with van der Waals surface area (Å²) < 4.78 is 0.795. The minimum Gasteiger partial charge on any atom is -0.272 e. The molecule has 0 aliphatic heterocycles. The maximum atomic E-state index is 12.5. The minimum atomic E-state index is -0.278. The van der Waals surface area contributed by atoms with Crippen LogP contribution in [0.4, 0.5) is 0 Å². The fourth-order valence-corrected chi connectivity index (χ4v) is 7.08. The van der Waals surface area contributed by atoms with Gasteiger partial charge in [0.05, 0.1) is 17.0 Å². The molecule has 0 spiro atoms. The van der Waals surface area contributed by atoms with Gasteiger partial charge in [0.25, 0.3) is 5.91 Å². The molecule has 2 N–H and O–H groups in total. The van der Waals surface area contributed by atoms with Crippen molar-refractivity contribution in [3.63, 3.8) is 0 Å². The number of rotatable bonds is 6. The predicted molar refractivity (Wildman–Crippen MR) is 133 cm³/mol. The second-order valence-electron chi connectivity index (χ2n) is 7.45. The number of hydrazine groups is 1. The molecule has 0 unspecified atom stereocenters. The minimum absolute atomic E-state index is 0.159. The molecule has 0 fully saturated rings. The van der Waals surface area contributed by atoms with E-state index in [2.05, 4.69) is 15.8 Å². The van der Waals surface area contributed by atoms with Gasteiger partial charge in [0.15, 0.2) is 4.34 Å². The number of carbonyl (C=O) groups is 2.